The van der Waals surface area contributed by atoms with Crippen LogP contribution in [0.4, 0.5) is 8.78 Å². The SMILES string of the molecule is O=C(c1ccc(OC[C@H]2CC(F)(F)CCC2NS(=O)(=O)C2CC2)cc1)N1CCCCC1. The van der Waals surface area contributed by atoms with Crippen molar-refractivity contribution in [2.75, 3.05) is 19.7 Å². The van der Waals surface area contributed by atoms with Crippen LogP contribution in [0.1, 0.15) is 61.7 Å². The third-order valence-corrected chi connectivity index (χ3v) is 8.42. The molecule has 0 aromatic heterocycles. The number of carbonyl (C=O) groups excluding carboxylic acids is 1. The minimum absolute atomic E-state index is 0.00674. The zero-order valence-electron chi connectivity index (χ0n) is 17.6. The van der Waals surface area contributed by atoms with E-state index < -0.39 is 34.3 Å². The van der Waals surface area contributed by atoms with Crippen LogP contribution in [0.5, 0.6) is 5.75 Å². The standard InChI is InChI=1S/C22H30F2N2O4S/c23-22(24)11-10-20(25-31(28,29)19-8-9-19)17(14-22)15-30-18-6-4-16(5-7-18)21(27)26-12-2-1-3-13-26/h4-7,17,19-20,25H,1-3,8-15H2/t17-,20?/m1/s1. The van der Waals surface area contributed by atoms with Crippen molar-refractivity contribution in [3.8, 4) is 5.75 Å². The van der Waals surface area contributed by atoms with Crippen LogP contribution in [-0.2, 0) is 10.0 Å². The van der Waals surface area contributed by atoms with Gasteiger partial charge >= 0.3 is 0 Å². The minimum atomic E-state index is -3.46. The Morgan fingerprint density at radius 3 is 2.42 bits per heavy atom. The highest BCUT2D eigenvalue weighted by Gasteiger charge is 2.45. The number of amides is 1. The molecule has 1 aliphatic heterocycles. The highest BCUT2D eigenvalue weighted by Crippen LogP contribution is 2.38. The molecule has 1 unspecified atom stereocenters. The van der Waals surface area contributed by atoms with Gasteiger partial charge in [0, 0.05) is 43.5 Å². The van der Waals surface area contributed by atoms with Gasteiger partial charge in [0.25, 0.3) is 5.91 Å². The van der Waals surface area contributed by atoms with Crippen LogP contribution in [-0.4, -0.2) is 56.1 Å². The van der Waals surface area contributed by atoms with Gasteiger partial charge in [-0.15, -0.1) is 0 Å². The molecule has 1 heterocycles. The lowest BCUT2D eigenvalue weighted by Gasteiger charge is -2.36. The van der Waals surface area contributed by atoms with Crippen LogP contribution in [0, 0.1) is 5.92 Å². The number of nitrogens with one attached hydrogen (secondary N) is 1. The summed E-state index contributed by atoms with van der Waals surface area (Å²) in [7, 11) is -3.46. The van der Waals surface area contributed by atoms with Gasteiger partial charge in [0.15, 0.2) is 0 Å². The lowest BCUT2D eigenvalue weighted by atomic mass is 9.83. The second kappa shape index (κ2) is 9.02. The molecule has 0 bridgehead atoms. The Labute approximate surface area is 182 Å². The number of halogens is 2. The summed E-state index contributed by atoms with van der Waals surface area (Å²) in [5.41, 5.74) is 0.577. The van der Waals surface area contributed by atoms with Gasteiger partial charge in [0.05, 0.1) is 11.9 Å². The van der Waals surface area contributed by atoms with Crippen LogP contribution >= 0.6 is 0 Å². The van der Waals surface area contributed by atoms with Crippen LogP contribution in [0.15, 0.2) is 24.3 Å². The van der Waals surface area contributed by atoms with Gasteiger partial charge in [0.1, 0.15) is 5.75 Å². The molecule has 4 rings (SSSR count). The topological polar surface area (TPSA) is 75.7 Å². The molecule has 2 saturated carbocycles. The molecule has 172 valence electrons. The fraction of sp³-hybridized carbons (Fsp3) is 0.682. The highest BCUT2D eigenvalue weighted by molar-refractivity contribution is 7.90. The lowest BCUT2D eigenvalue weighted by molar-refractivity contribution is -0.0661. The molecule has 0 radical (unpaired) electrons. The third-order valence-electron chi connectivity index (χ3n) is 6.44. The van der Waals surface area contributed by atoms with E-state index in [1.54, 1.807) is 24.3 Å². The number of carbonyl (C=O) groups is 1. The van der Waals surface area contributed by atoms with E-state index in [0.717, 1.165) is 32.4 Å². The number of ether oxygens (including phenoxy) is 1. The van der Waals surface area contributed by atoms with Gasteiger partial charge < -0.3 is 9.64 Å². The predicted molar refractivity (Wildman–Crippen MR) is 113 cm³/mol. The van der Waals surface area contributed by atoms with Crippen molar-refractivity contribution in [2.24, 2.45) is 5.92 Å². The second-order valence-electron chi connectivity index (χ2n) is 9.02. The predicted octanol–water partition coefficient (Wildman–Crippen LogP) is 3.58. The number of hydrogen-bond acceptors (Lipinski definition) is 4. The molecule has 1 aromatic carbocycles. The molecule has 31 heavy (non-hydrogen) atoms. The fourth-order valence-electron chi connectivity index (χ4n) is 4.42. The number of alkyl halides is 2. The molecule has 3 fully saturated rings. The summed E-state index contributed by atoms with van der Waals surface area (Å²) in [5, 5.41) is -0.388. The smallest absolute Gasteiger partial charge is 0.253 e. The van der Waals surface area contributed by atoms with E-state index in [1.807, 2.05) is 4.90 Å². The van der Waals surface area contributed by atoms with Crippen LogP contribution in [0.2, 0.25) is 0 Å². The molecule has 9 heteroatoms. The number of sulfonamides is 1. The van der Waals surface area contributed by atoms with Crippen LogP contribution in [0.3, 0.4) is 0 Å². The molecule has 3 aliphatic rings. The summed E-state index contributed by atoms with van der Waals surface area (Å²) in [6, 6.07) is 6.16. The highest BCUT2D eigenvalue weighted by atomic mass is 32.2. The van der Waals surface area contributed by atoms with Gasteiger partial charge in [-0.05, 0) is 62.8 Å². The summed E-state index contributed by atoms with van der Waals surface area (Å²) in [6.45, 7) is 1.53. The Hall–Kier alpha value is -1.74. The van der Waals surface area contributed by atoms with E-state index >= 15 is 0 Å². The molecule has 2 atom stereocenters. The zero-order valence-corrected chi connectivity index (χ0v) is 18.4. The van der Waals surface area contributed by atoms with Crippen molar-refractivity contribution in [3.05, 3.63) is 29.8 Å². The van der Waals surface area contributed by atoms with E-state index in [9.17, 15) is 22.0 Å². The van der Waals surface area contributed by atoms with Crippen LogP contribution in [0.25, 0.3) is 0 Å². The first-order chi connectivity index (χ1) is 14.7. The zero-order chi connectivity index (χ0) is 22.1. The molecule has 1 N–H and O–H groups in total. The first-order valence-electron chi connectivity index (χ1n) is 11.1. The summed E-state index contributed by atoms with van der Waals surface area (Å²) in [4.78, 5) is 14.4. The number of nitrogens with zero attached hydrogens (tertiary/aromatic N) is 1. The van der Waals surface area contributed by atoms with Crippen molar-refractivity contribution in [3.63, 3.8) is 0 Å². The summed E-state index contributed by atoms with van der Waals surface area (Å²) in [5.74, 6) is -2.96. The molecule has 2 aliphatic carbocycles. The van der Waals surface area contributed by atoms with Gasteiger partial charge in [-0.2, -0.15) is 0 Å². The summed E-state index contributed by atoms with van der Waals surface area (Å²) in [6.07, 6.45) is 3.80. The number of likely N-dealkylation sites (tertiary alicyclic amines) is 1. The van der Waals surface area contributed by atoms with Crippen LogP contribution < -0.4 is 9.46 Å². The maximum Gasteiger partial charge on any atom is 0.253 e. The lowest BCUT2D eigenvalue weighted by Crippen LogP contribution is -2.49. The molecule has 0 spiro atoms. The molecule has 1 saturated heterocycles. The molecular formula is C22H30F2N2O4S. The fourth-order valence-corrected chi connectivity index (χ4v) is 6.10. The Bertz CT molecular complexity index is 881. The Kier molecular flexibility index (Phi) is 6.53. The van der Waals surface area contributed by atoms with Gasteiger partial charge in [-0.25, -0.2) is 21.9 Å². The Morgan fingerprint density at radius 1 is 1.10 bits per heavy atom. The normalized spacial score (nSPS) is 26.5. The number of piperidine rings is 1. The second-order valence-corrected chi connectivity index (χ2v) is 11.0. The summed E-state index contributed by atoms with van der Waals surface area (Å²) < 4.78 is 61.0. The maximum atomic E-state index is 14.0. The van der Waals surface area contributed by atoms with Gasteiger partial charge in [0.2, 0.25) is 15.9 Å². The van der Waals surface area contributed by atoms with E-state index in [1.165, 1.54) is 0 Å². The first kappa shape index (κ1) is 22.5. The molecule has 6 nitrogen and oxygen atoms in total. The number of hydrogen-bond donors (Lipinski definition) is 1. The third kappa shape index (κ3) is 5.74. The van der Waals surface area contributed by atoms with Crippen molar-refractivity contribution in [1.82, 2.24) is 9.62 Å². The van der Waals surface area contributed by atoms with E-state index in [2.05, 4.69) is 4.72 Å². The average molecular weight is 457 g/mol. The van der Waals surface area contributed by atoms with Crippen molar-refractivity contribution in [1.29, 1.82) is 0 Å². The van der Waals surface area contributed by atoms with E-state index in [4.69, 9.17) is 4.74 Å². The largest absolute Gasteiger partial charge is 0.493 e. The summed E-state index contributed by atoms with van der Waals surface area (Å²) >= 11 is 0. The van der Waals surface area contributed by atoms with E-state index in [0.29, 0.717) is 24.2 Å². The monoisotopic (exact) mass is 456 g/mol. The van der Waals surface area contributed by atoms with Crippen molar-refractivity contribution >= 4 is 15.9 Å². The molecule has 1 amide bonds. The molecular weight excluding hydrogens is 426 g/mol. The van der Waals surface area contributed by atoms with Gasteiger partial charge in [-0.3, -0.25) is 4.79 Å². The number of benzene rings is 1. The Morgan fingerprint density at radius 2 is 1.77 bits per heavy atom. The van der Waals surface area contributed by atoms with Gasteiger partial charge in [-0.1, -0.05) is 0 Å². The van der Waals surface area contributed by atoms with Crippen molar-refractivity contribution in [2.45, 2.75) is 68.6 Å². The maximum absolute atomic E-state index is 14.0. The first-order valence-corrected chi connectivity index (χ1v) is 12.7. The number of rotatable bonds is 7. The Balaban J connectivity index is 1.36. The van der Waals surface area contributed by atoms with Crippen molar-refractivity contribution < 1.29 is 26.7 Å². The quantitative estimate of drug-likeness (QED) is 0.681. The minimum Gasteiger partial charge on any atom is -0.493 e. The van der Waals surface area contributed by atoms with E-state index in [-0.39, 0.29) is 30.6 Å². The molecule has 1 aromatic rings. The average Bonchev–Trinajstić information content (AvgIpc) is 3.60.